The van der Waals surface area contributed by atoms with E-state index in [1.54, 1.807) is 0 Å². The van der Waals surface area contributed by atoms with Crippen molar-refractivity contribution < 1.29 is 0 Å². The number of aliphatic imine (C=N–C) groups is 2. The first-order valence-electron chi connectivity index (χ1n) is 23.5. The van der Waals surface area contributed by atoms with Crippen LogP contribution in [0.2, 0.25) is 0 Å². The van der Waals surface area contributed by atoms with Gasteiger partial charge in [-0.1, -0.05) is 206 Å². The largest absolute Gasteiger partial charge is 0.344 e. The minimum Gasteiger partial charge on any atom is -0.344 e. The van der Waals surface area contributed by atoms with Crippen molar-refractivity contribution in [3.63, 3.8) is 0 Å². The van der Waals surface area contributed by atoms with Crippen LogP contribution in [0.5, 0.6) is 0 Å². The van der Waals surface area contributed by atoms with E-state index in [4.69, 9.17) is 9.98 Å². The Hall–Kier alpha value is -9.26. The molecule has 3 aromatic heterocycles. The molecule has 1 aliphatic rings. The maximum atomic E-state index is 5.66. The highest BCUT2D eigenvalue weighted by atomic mass is 15.3. The lowest BCUT2D eigenvalue weighted by atomic mass is 9.97. The molecule has 0 spiro atoms. The molecule has 14 rings (SSSR count). The fourth-order valence-corrected chi connectivity index (χ4v) is 11.0. The van der Waals surface area contributed by atoms with Crippen LogP contribution >= 0.6 is 0 Å². The number of nitrogens with one attached hydrogen (secondary N) is 1. The number of rotatable bonds is 6. The van der Waals surface area contributed by atoms with Gasteiger partial charge in [-0.25, -0.2) is 4.99 Å². The molecular weight excluding hydrogens is 841 g/mol. The van der Waals surface area contributed by atoms with Gasteiger partial charge in [-0.15, -0.1) is 0 Å². The Morgan fingerprint density at radius 1 is 0.348 bits per heavy atom. The number of hydrogen-bond donors (Lipinski definition) is 1. The van der Waals surface area contributed by atoms with E-state index < -0.39 is 6.17 Å². The normalized spacial score (nSPS) is 13.9. The third-order valence-corrected chi connectivity index (χ3v) is 13.9. The first kappa shape index (κ1) is 39.0. The number of aromatic nitrogens is 3. The van der Waals surface area contributed by atoms with Crippen molar-refractivity contribution in [3.05, 3.63) is 254 Å². The Labute approximate surface area is 398 Å². The molecule has 0 radical (unpaired) electrons. The van der Waals surface area contributed by atoms with E-state index in [1.165, 1.54) is 16.2 Å². The molecule has 0 aliphatic carbocycles. The molecule has 0 bridgehead atoms. The summed E-state index contributed by atoms with van der Waals surface area (Å²) in [7, 11) is 0. The van der Waals surface area contributed by atoms with Gasteiger partial charge in [0.25, 0.3) is 0 Å². The molecule has 4 heterocycles. The van der Waals surface area contributed by atoms with Gasteiger partial charge in [-0.05, 0) is 53.1 Å². The predicted octanol–water partition coefficient (Wildman–Crippen LogP) is 15.3. The summed E-state index contributed by atoms with van der Waals surface area (Å²) >= 11 is 0. The van der Waals surface area contributed by atoms with Crippen LogP contribution in [-0.4, -0.2) is 25.5 Å². The lowest BCUT2D eigenvalue weighted by molar-refractivity contribution is 0.670. The summed E-state index contributed by atoms with van der Waals surface area (Å²) in [6.45, 7) is 0. The Kier molecular flexibility index (Phi) is 8.86. The summed E-state index contributed by atoms with van der Waals surface area (Å²) in [5.74, 6) is 1.37. The maximum absolute atomic E-state index is 5.66. The second-order valence-electron chi connectivity index (χ2n) is 17.7. The Morgan fingerprint density at radius 3 is 1.45 bits per heavy atom. The minimum absolute atomic E-state index is 0.447. The Balaban J connectivity index is 1.13. The van der Waals surface area contributed by atoms with E-state index in [0.29, 0.717) is 5.96 Å². The van der Waals surface area contributed by atoms with E-state index in [-0.39, 0.29) is 0 Å². The zero-order chi connectivity index (χ0) is 45.4. The van der Waals surface area contributed by atoms with E-state index >= 15 is 0 Å². The predicted molar refractivity (Wildman–Crippen MR) is 287 cm³/mol. The number of benzene rings is 10. The summed E-state index contributed by atoms with van der Waals surface area (Å²) in [6.07, 6.45) is -0.447. The molecule has 1 N–H and O–H groups in total. The van der Waals surface area contributed by atoms with Crippen molar-refractivity contribution in [1.82, 2.24) is 19.0 Å². The average molecular weight is 883 g/mol. The molecule has 0 fully saturated rings. The van der Waals surface area contributed by atoms with Gasteiger partial charge in [-0.2, -0.15) is 4.99 Å². The Bertz CT molecular complexity index is 4200. The third-order valence-electron chi connectivity index (χ3n) is 13.9. The topological polar surface area (TPSA) is 51.5 Å². The van der Waals surface area contributed by atoms with Gasteiger partial charge in [0, 0.05) is 54.7 Å². The van der Waals surface area contributed by atoms with E-state index in [2.05, 4.69) is 256 Å². The number of hydrogen-bond acceptors (Lipinski definition) is 3. The van der Waals surface area contributed by atoms with Crippen molar-refractivity contribution in [1.29, 1.82) is 0 Å². The average Bonchev–Trinajstić information content (AvgIpc) is 4.07. The zero-order valence-corrected chi connectivity index (χ0v) is 37.4. The molecule has 1 atom stereocenters. The van der Waals surface area contributed by atoms with Crippen LogP contribution in [0.4, 0.5) is 0 Å². The molecule has 69 heavy (non-hydrogen) atoms. The molecule has 10 aromatic carbocycles. The summed E-state index contributed by atoms with van der Waals surface area (Å²) in [5, 5.41) is 10.8. The van der Waals surface area contributed by atoms with Gasteiger partial charge in [0.1, 0.15) is 12.0 Å². The van der Waals surface area contributed by atoms with Crippen LogP contribution in [0.25, 0.3) is 99.0 Å². The molecule has 13 aromatic rings. The smallest absolute Gasteiger partial charge is 0.234 e. The van der Waals surface area contributed by atoms with Crippen molar-refractivity contribution in [2.75, 3.05) is 0 Å². The quantitative estimate of drug-likeness (QED) is 0.178. The van der Waals surface area contributed by atoms with Gasteiger partial charge < -0.3 is 14.5 Å². The summed E-state index contributed by atoms with van der Waals surface area (Å²) in [6, 6.07) is 86.9. The van der Waals surface area contributed by atoms with Crippen molar-refractivity contribution >= 4 is 77.2 Å². The van der Waals surface area contributed by atoms with Gasteiger partial charge in [0.15, 0.2) is 0 Å². The fraction of sp³-hybridized carbons (Fsp3) is 0.0159. The molecule has 324 valence electrons. The fourth-order valence-electron chi connectivity index (χ4n) is 11.0. The molecule has 6 heteroatoms. The number of fused-ring (bicyclic) bond motifs is 10. The lowest BCUT2D eigenvalue weighted by Crippen LogP contribution is -2.35. The summed E-state index contributed by atoms with van der Waals surface area (Å²) < 4.78 is 7.29. The number of nitrogens with zero attached hydrogens (tertiary/aromatic N) is 5. The van der Waals surface area contributed by atoms with Crippen molar-refractivity contribution in [3.8, 4) is 33.6 Å². The molecule has 6 nitrogen and oxygen atoms in total. The molecule has 1 aliphatic heterocycles. The van der Waals surface area contributed by atoms with Gasteiger partial charge in [-0.3, -0.25) is 4.57 Å². The van der Waals surface area contributed by atoms with Crippen LogP contribution in [0.3, 0.4) is 0 Å². The van der Waals surface area contributed by atoms with Crippen molar-refractivity contribution in [2.24, 2.45) is 9.98 Å². The highest BCUT2D eigenvalue weighted by molar-refractivity contribution is 6.27. The zero-order valence-electron chi connectivity index (χ0n) is 37.4. The summed E-state index contributed by atoms with van der Waals surface area (Å²) in [5.41, 5.74) is 15.4. The van der Waals surface area contributed by atoms with Crippen LogP contribution in [0.1, 0.15) is 17.3 Å². The van der Waals surface area contributed by atoms with Crippen LogP contribution in [0, 0.1) is 0 Å². The standard InChI is InChI=1S/C63H42N6/c1-5-21-41(22-6-1)45-29-13-14-33-52(45)62-64-61(43-25-9-3-10-26-43)65-63(66-62)69-55-36-20-17-32-48(55)51-38-37-50-47-31-16-19-35-54(47)68(59(50)60(51)69)56-40-39-49-46-30-15-18-34-53(46)67(44-27-11-4-12-28-44)58(49)57(56)42-23-7-2-8-24-42/h1-40,62H,(H,64,65,66). The van der Waals surface area contributed by atoms with E-state index in [1.807, 2.05) is 6.07 Å². The number of para-hydroxylation sites is 4. The minimum atomic E-state index is -0.447. The highest BCUT2D eigenvalue weighted by Gasteiger charge is 2.29. The van der Waals surface area contributed by atoms with Gasteiger partial charge in [0.2, 0.25) is 5.96 Å². The van der Waals surface area contributed by atoms with Crippen molar-refractivity contribution in [2.45, 2.75) is 6.17 Å². The lowest BCUT2D eigenvalue weighted by Gasteiger charge is -2.26. The monoisotopic (exact) mass is 882 g/mol. The van der Waals surface area contributed by atoms with E-state index in [9.17, 15) is 0 Å². The molecule has 1 unspecified atom stereocenters. The highest BCUT2D eigenvalue weighted by Crippen LogP contribution is 2.46. The second-order valence-corrected chi connectivity index (χ2v) is 17.7. The van der Waals surface area contributed by atoms with Crippen LogP contribution in [-0.2, 0) is 0 Å². The second kappa shape index (κ2) is 15.7. The molecule has 0 amide bonds. The molecular formula is C63H42N6. The van der Waals surface area contributed by atoms with Crippen LogP contribution in [0.15, 0.2) is 253 Å². The molecule has 0 saturated heterocycles. The van der Waals surface area contributed by atoms with Gasteiger partial charge in [0.05, 0.1) is 38.8 Å². The van der Waals surface area contributed by atoms with Gasteiger partial charge >= 0.3 is 0 Å². The number of amidine groups is 1. The van der Waals surface area contributed by atoms with E-state index in [0.717, 1.165) is 99.8 Å². The Morgan fingerprint density at radius 2 is 0.812 bits per heavy atom. The molecule has 0 saturated carbocycles. The first-order valence-corrected chi connectivity index (χ1v) is 23.5. The SMILES string of the molecule is c1ccc(C2=NC(n3c4ccccc4c4ccc5c6ccccc6n(-c6ccc7c8ccccc8n(-c8ccccc8)c7c6-c6ccccc6)c5c43)=NC(c3ccccc3-c3ccccc3)N2)cc1. The first-order chi connectivity index (χ1) is 34.3. The maximum Gasteiger partial charge on any atom is 0.234 e. The van der Waals surface area contributed by atoms with Crippen LogP contribution < -0.4 is 5.32 Å². The summed E-state index contributed by atoms with van der Waals surface area (Å²) in [4.78, 5) is 11.2. The third kappa shape index (κ3) is 6.05.